The average Bonchev–Trinajstić information content (AvgIpc) is 3.28. The van der Waals surface area contributed by atoms with Crippen LogP contribution < -0.4 is 10.0 Å². The van der Waals surface area contributed by atoms with Gasteiger partial charge in [0.25, 0.3) is 15.9 Å². The molecule has 2 aliphatic rings. The van der Waals surface area contributed by atoms with Gasteiger partial charge in [-0.3, -0.25) is 13.9 Å². The fourth-order valence-electron chi connectivity index (χ4n) is 4.63. The van der Waals surface area contributed by atoms with Gasteiger partial charge in [0.2, 0.25) is 5.91 Å². The number of sulfonamides is 1. The number of rotatable bonds is 4. The first-order valence-electron chi connectivity index (χ1n) is 10.7. The molecule has 2 amide bonds. The van der Waals surface area contributed by atoms with Crippen molar-refractivity contribution in [3.05, 3.63) is 95.1 Å². The first-order valence-corrected chi connectivity index (χ1v) is 12.2. The molecule has 168 valence electrons. The number of primary amides is 1. The van der Waals surface area contributed by atoms with Gasteiger partial charge in [-0.1, -0.05) is 48.5 Å². The molecule has 0 bridgehead atoms. The lowest BCUT2D eigenvalue weighted by Crippen LogP contribution is -2.51. The zero-order chi connectivity index (χ0) is 23.2. The molecule has 3 aromatic carbocycles. The predicted molar refractivity (Wildman–Crippen MR) is 124 cm³/mol. The van der Waals surface area contributed by atoms with Crippen LogP contribution in [0.25, 0.3) is 0 Å². The van der Waals surface area contributed by atoms with Crippen LogP contribution in [0.5, 0.6) is 0 Å². The zero-order valence-corrected chi connectivity index (χ0v) is 18.7. The monoisotopic (exact) mass is 461 g/mol. The molecule has 8 heteroatoms. The molecule has 0 saturated heterocycles. The zero-order valence-electron chi connectivity index (χ0n) is 17.8. The molecule has 5 rings (SSSR count). The number of anilines is 1. The second kappa shape index (κ2) is 8.04. The summed E-state index contributed by atoms with van der Waals surface area (Å²) in [5.41, 5.74) is 9.39. The first kappa shape index (κ1) is 21.2. The summed E-state index contributed by atoms with van der Waals surface area (Å²) < 4.78 is 28.2. The first-order chi connectivity index (χ1) is 15.9. The lowest BCUT2D eigenvalue weighted by molar-refractivity contribution is -0.122. The van der Waals surface area contributed by atoms with E-state index in [2.05, 4.69) is 0 Å². The summed E-state index contributed by atoms with van der Waals surface area (Å²) in [5, 5.41) is 0. The number of carbonyl (C=O) groups excluding carboxylic acids is 2. The van der Waals surface area contributed by atoms with Crippen molar-refractivity contribution >= 4 is 27.5 Å². The van der Waals surface area contributed by atoms with Crippen LogP contribution in [0.3, 0.4) is 0 Å². The van der Waals surface area contributed by atoms with Gasteiger partial charge >= 0.3 is 0 Å². The number of nitrogens with zero attached hydrogens (tertiary/aromatic N) is 2. The number of hydrogen-bond acceptors (Lipinski definition) is 4. The van der Waals surface area contributed by atoms with Crippen molar-refractivity contribution in [1.29, 1.82) is 0 Å². The quantitative estimate of drug-likeness (QED) is 0.645. The molecule has 0 radical (unpaired) electrons. The summed E-state index contributed by atoms with van der Waals surface area (Å²) in [6, 6.07) is 20.2. The molecule has 2 N–H and O–H groups in total. The Labute approximate surface area is 192 Å². The lowest BCUT2D eigenvalue weighted by Gasteiger charge is -2.35. The maximum absolute atomic E-state index is 13.4. The fourth-order valence-corrected chi connectivity index (χ4v) is 6.18. The Morgan fingerprint density at radius 1 is 0.879 bits per heavy atom. The van der Waals surface area contributed by atoms with Crippen LogP contribution in [-0.2, 0) is 34.2 Å². The van der Waals surface area contributed by atoms with Gasteiger partial charge in [-0.15, -0.1) is 0 Å². The number of carbonyl (C=O) groups is 2. The molecular formula is C25H23N3O4S. The SMILES string of the molecule is NC(=O)C1Cc2ccccc2CN1C(=O)c1cccc(S(=O)(=O)N2CCc3ccccc32)c1. The Morgan fingerprint density at radius 3 is 2.33 bits per heavy atom. The van der Waals surface area contributed by atoms with Gasteiger partial charge in [0.1, 0.15) is 6.04 Å². The molecule has 0 aliphatic carbocycles. The van der Waals surface area contributed by atoms with E-state index in [1.807, 2.05) is 42.5 Å². The summed E-state index contributed by atoms with van der Waals surface area (Å²) >= 11 is 0. The molecule has 1 unspecified atom stereocenters. The normalized spacial score (nSPS) is 17.4. The number of para-hydroxylation sites is 1. The molecule has 1 atom stereocenters. The predicted octanol–water partition coefficient (Wildman–Crippen LogP) is 2.49. The van der Waals surface area contributed by atoms with E-state index in [-0.39, 0.29) is 17.0 Å². The topological polar surface area (TPSA) is 101 Å². The van der Waals surface area contributed by atoms with Crippen LogP contribution in [0.2, 0.25) is 0 Å². The van der Waals surface area contributed by atoms with Gasteiger partial charge in [-0.05, 0) is 47.4 Å². The van der Waals surface area contributed by atoms with Crippen molar-refractivity contribution < 1.29 is 18.0 Å². The van der Waals surface area contributed by atoms with Crippen molar-refractivity contribution in [1.82, 2.24) is 4.90 Å². The number of hydrogen-bond donors (Lipinski definition) is 1. The third-order valence-corrected chi connectivity index (χ3v) is 8.16. The highest BCUT2D eigenvalue weighted by molar-refractivity contribution is 7.92. The molecule has 33 heavy (non-hydrogen) atoms. The molecule has 0 fully saturated rings. The Morgan fingerprint density at radius 2 is 1.58 bits per heavy atom. The molecule has 0 aromatic heterocycles. The molecule has 3 aromatic rings. The van der Waals surface area contributed by atoms with Gasteiger partial charge < -0.3 is 10.6 Å². The Kier molecular flexibility index (Phi) is 5.17. The maximum atomic E-state index is 13.4. The van der Waals surface area contributed by atoms with E-state index in [1.165, 1.54) is 21.3 Å². The van der Waals surface area contributed by atoms with E-state index in [0.29, 0.717) is 25.1 Å². The van der Waals surface area contributed by atoms with Crippen LogP contribution in [0.15, 0.2) is 77.7 Å². The smallest absolute Gasteiger partial charge is 0.264 e. The molecule has 7 nitrogen and oxygen atoms in total. The van der Waals surface area contributed by atoms with Gasteiger partial charge in [0, 0.05) is 25.1 Å². The van der Waals surface area contributed by atoms with Crippen LogP contribution in [-0.4, -0.2) is 37.7 Å². The van der Waals surface area contributed by atoms with Crippen molar-refractivity contribution in [2.75, 3.05) is 10.8 Å². The largest absolute Gasteiger partial charge is 0.368 e. The van der Waals surface area contributed by atoms with Crippen molar-refractivity contribution in [2.24, 2.45) is 5.73 Å². The summed E-state index contributed by atoms with van der Waals surface area (Å²) in [6.07, 6.45) is 0.974. The molecule has 2 heterocycles. The highest BCUT2D eigenvalue weighted by atomic mass is 32.2. The third kappa shape index (κ3) is 3.66. The molecule has 2 aliphatic heterocycles. The Balaban J connectivity index is 1.48. The van der Waals surface area contributed by atoms with Gasteiger partial charge in [0.15, 0.2) is 0 Å². The number of benzene rings is 3. The van der Waals surface area contributed by atoms with E-state index >= 15 is 0 Å². The van der Waals surface area contributed by atoms with E-state index in [4.69, 9.17) is 5.73 Å². The molecular weight excluding hydrogens is 438 g/mol. The highest BCUT2D eigenvalue weighted by Gasteiger charge is 2.35. The van der Waals surface area contributed by atoms with Crippen molar-refractivity contribution in [2.45, 2.75) is 30.3 Å². The lowest BCUT2D eigenvalue weighted by atomic mass is 9.93. The van der Waals surface area contributed by atoms with E-state index in [9.17, 15) is 18.0 Å². The Bertz CT molecular complexity index is 1370. The summed E-state index contributed by atoms with van der Waals surface area (Å²) in [6.45, 7) is 0.589. The van der Waals surface area contributed by atoms with Crippen LogP contribution >= 0.6 is 0 Å². The Hall–Kier alpha value is -3.65. The van der Waals surface area contributed by atoms with Gasteiger partial charge in [0.05, 0.1) is 10.6 Å². The average molecular weight is 462 g/mol. The fraction of sp³-hybridized carbons (Fsp3) is 0.200. The van der Waals surface area contributed by atoms with Crippen LogP contribution in [0.1, 0.15) is 27.0 Å². The molecule has 0 saturated carbocycles. The number of amides is 2. The second-order valence-electron chi connectivity index (χ2n) is 8.31. The summed E-state index contributed by atoms with van der Waals surface area (Å²) in [7, 11) is -3.85. The minimum atomic E-state index is -3.85. The van der Waals surface area contributed by atoms with Crippen molar-refractivity contribution in [3.8, 4) is 0 Å². The third-order valence-electron chi connectivity index (χ3n) is 6.35. The van der Waals surface area contributed by atoms with E-state index in [0.717, 1.165) is 16.7 Å². The van der Waals surface area contributed by atoms with Gasteiger partial charge in [-0.25, -0.2) is 8.42 Å². The highest BCUT2D eigenvalue weighted by Crippen LogP contribution is 2.33. The standard InChI is InChI=1S/C25H23N3O4S/c26-24(29)23-15-18-7-1-2-8-20(18)16-27(23)25(30)19-9-5-10-21(14-19)33(31,32)28-13-12-17-6-3-4-11-22(17)28/h1-11,14,23H,12-13,15-16H2,(H2,26,29). The second-order valence-corrected chi connectivity index (χ2v) is 10.2. The van der Waals surface area contributed by atoms with E-state index < -0.39 is 27.9 Å². The molecule has 0 spiro atoms. The van der Waals surface area contributed by atoms with Crippen LogP contribution in [0.4, 0.5) is 5.69 Å². The van der Waals surface area contributed by atoms with Gasteiger partial charge in [-0.2, -0.15) is 0 Å². The number of fused-ring (bicyclic) bond motifs is 2. The number of nitrogens with two attached hydrogens (primary N) is 1. The minimum Gasteiger partial charge on any atom is -0.368 e. The summed E-state index contributed by atoms with van der Waals surface area (Å²) in [5.74, 6) is -1.01. The summed E-state index contributed by atoms with van der Waals surface area (Å²) in [4.78, 5) is 27.1. The minimum absolute atomic E-state index is 0.0399. The van der Waals surface area contributed by atoms with Crippen LogP contribution in [0, 0.1) is 0 Å². The van der Waals surface area contributed by atoms with Crippen molar-refractivity contribution in [3.63, 3.8) is 0 Å². The maximum Gasteiger partial charge on any atom is 0.264 e. The van der Waals surface area contributed by atoms with E-state index in [1.54, 1.807) is 18.2 Å².